The van der Waals surface area contributed by atoms with E-state index in [-0.39, 0.29) is 5.82 Å². The summed E-state index contributed by atoms with van der Waals surface area (Å²) in [5.74, 6) is 0.951. The minimum atomic E-state index is -3.84. The molecule has 0 amide bonds. The second-order valence-electron chi connectivity index (χ2n) is 8.07. The molecule has 4 aromatic rings. The van der Waals surface area contributed by atoms with E-state index in [2.05, 4.69) is 20.2 Å². The lowest BCUT2D eigenvalue weighted by Crippen LogP contribution is -2.29. The van der Waals surface area contributed by atoms with Crippen LogP contribution in [0.3, 0.4) is 0 Å². The third kappa shape index (κ3) is 5.43. The van der Waals surface area contributed by atoms with Gasteiger partial charge in [0.15, 0.2) is 21.5 Å². The molecule has 2 atom stereocenters. The van der Waals surface area contributed by atoms with Crippen LogP contribution in [0.2, 0.25) is 5.02 Å². The van der Waals surface area contributed by atoms with Crippen molar-refractivity contribution in [1.82, 2.24) is 24.7 Å². The lowest BCUT2D eigenvalue weighted by atomic mass is 10.2. The molecule has 0 N–H and O–H groups in total. The molecule has 37 heavy (non-hydrogen) atoms. The summed E-state index contributed by atoms with van der Waals surface area (Å²) in [4.78, 5) is 8.64. The number of rotatable bonds is 10. The fourth-order valence-electron chi connectivity index (χ4n) is 3.97. The van der Waals surface area contributed by atoms with Gasteiger partial charge in [-0.05, 0) is 43.3 Å². The van der Waals surface area contributed by atoms with Crippen LogP contribution in [0.15, 0.2) is 60.9 Å². The SMILES string of the molecule is COc1cccc(OC)c1-n1c(CS(=O)(=O)[C@@H](C)[C@H](OC)c2ccc(Cl)cn2)nnc1-c1ccccn1. The largest absolute Gasteiger partial charge is 0.494 e. The summed E-state index contributed by atoms with van der Waals surface area (Å²) in [6.07, 6.45) is 2.25. The van der Waals surface area contributed by atoms with E-state index in [0.717, 1.165) is 0 Å². The zero-order valence-corrected chi connectivity index (χ0v) is 22.3. The van der Waals surface area contributed by atoms with Gasteiger partial charge in [0.2, 0.25) is 0 Å². The molecule has 0 unspecified atom stereocenters. The van der Waals surface area contributed by atoms with E-state index in [1.165, 1.54) is 27.5 Å². The zero-order valence-electron chi connectivity index (χ0n) is 20.7. The van der Waals surface area contributed by atoms with Gasteiger partial charge in [-0.25, -0.2) is 8.42 Å². The molecule has 12 heteroatoms. The average molecular weight is 544 g/mol. The third-order valence-electron chi connectivity index (χ3n) is 5.87. The fraction of sp³-hybridized carbons (Fsp3) is 0.280. The summed E-state index contributed by atoms with van der Waals surface area (Å²) < 4.78 is 45.7. The molecule has 0 aliphatic rings. The van der Waals surface area contributed by atoms with Gasteiger partial charge in [-0.2, -0.15) is 0 Å². The molecule has 10 nitrogen and oxygen atoms in total. The Kier molecular flexibility index (Phi) is 8.06. The van der Waals surface area contributed by atoms with Gasteiger partial charge in [-0.3, -0.25) is 14.5 Å². The predicted molar refractivity (Wildman–Crippen MR) is 139 cm³/mol. The minimum absolute atomic E-state index is 0.161. The number of benzene rings is 1. The maximum absolute atomic E-state index is 13.7. The molecule has 0 aliphatic heterocycles. The van der Waals surface area contributed by atoms with Crippen molar-refractivity contribution in [2.24, 2.45) is 0 Å². The molecule has 1 aromatic carbocycles. The minimum Gasteiger partial charge on any atom is -0.494 e. The van der Waals surface area contributed by atoms with Gasteiger partial charge < -0.3 is 14.2 Å². The quantitative estimate of drug-likeness (QED) is 0.291. The van der Waals surface area contributed by atoms with Crippen LogP contribution in [0.4, 0.5) is 0 Å². The normalized spacial score (nSPS) is 13.2. The smallest absolute Gasteiger partial charge is 0.187 e. The van der Waals surface area contributed by atoms with Crippen molar-refractivity contribution in [3.05, 3.63) is 77.5 Å². The lowest BCUT2D eigenvalue weighted by Gasteiger charge is -2.23. The van der Waals surface area contributed by atoms with Gasteiger partial charge in [0.1, 0.15) is 34.7 Å². The van der Waals surface area contributed by atoms with E-state index in [4.69, 9.17) is 25.8 Å². The Morgan fingerprint density at radius 2 is 1.68 bits per heavy atom. The number of nitrogens with zero attached hydrogens (tertiary/aromatic N) is 5. The predicted octanol–water partition coefficient (Wildman–Crippen LogP) is 4.09. The molecular weight excluding hydrogens is 518 g/mol. The molecule has 4 rings (SSSR count). The van der Waals surface area contributed by atoms with Gasteiger partial charge >= 0.3 is 0 Å². The van der Waals surface area contributed by atoms with Crippen LogP contribution in [0.5, 0.6) is 11.5 Å². The van der Waals surface area contributed by atoms with E-state index < -0.39 is 26.9 Å². The van der Waals surface area contributed by atoms with E-state index >= 15 is 0 Å². The highest BCUT2D eigenvalue weighted by atomic mass is 35.5. The van der Waals surface area contributed by atoms with Crippen LogP contribution in [0.1, 0.15) is 24.5 Å². The van der Waals surface area contributed by atoms with Crippen molar-refractivity contribution < 1.29 is 22.6 Å². The summed E-state index contributed by atoms with van der Waals surface area (Å²) in [7, 11) is 0.629. The first-order chi connectivity index (χ1) is 17.8. The molecule has 0 fully saturated rings. The summed E-state index contributed by atoms with van der Waals surface area (Å²) in [6, 6.07) is 13.9. The van der Waals surface area contributed by atoms with Crippen LogP contribution in [-0.2, 0) is 20.3 Å². The lowest BCUT2D eigenvalue weighted by molar-refractivity contribution is 0.0987. The van der Waals surface area contributed by atoms with E-state index in [1.54, 1.807) is 60.2 Å². The fourth-order valence-corrected chi connectivity index (χ4v) is 5.51. The van der Waals surface area contributed by atoms with Crippen molar-refractivity contribution >= 4 is 21.4 Å². The highest BCUT2D eigenvalue weighted by molar-refractivity contribution is 7.91. The van der Waals surface area contributed by atoms with E-state index in [9.17, 15) is 8.42 Å². The first-order valence-electron chi connectivity index (χ1n) is 11.2. The molecule has 0 saturated heterocycles. The van der Waals surface area contributed by atoms with Gasteiger partial charge in [-0.15, -0.1) is 10.2 Å². The van der Waals surface area contributed by atoms with Crippen molar-refractivity contribution in [1.29, 1.82) is 0 Å². The van der Waals surface area contributed by atoms with Gasteiger partial charge in [0.25, 0.3) is 0 Å². The first kappa shape index (κ1) is 26.5. The Morgan fingerprint density at radius 1 is 0.946 bits per heavy atom. The maximum atomic E-state index is 13.7. The number of para-hydroxylation sites is 1. The average Bonchev–Trinajstić information content (AvgIpc) is 3.32. The summed E-state index contributed by atoms with van der Waals surface area (Å²) >= 11 is 5.95. The van der Waals surface area contributed by atoms with E-state index in [1.807, 2.05) is 6.07 Å². The summed E-state index contributed by atoms with van der Waals surface area (Å²) in [6.45, 7) is 1.57. The molecule has 0 aliphatic carbocycles. The molecule has 194 valence electrons. The van der Waals surface area contributed by atoms with Crippen LogP contribution < -0.4 is 9.47 Å². The second kappa shape index (κ2) is 11.2. The van der Waals surface area contributed by atoms with Crippen LogP contribution in [0, 0.1) is 0 Å². The van der Waals surface area contributed by atoms with Crippen LogP contribution in [-0.4, -0.2) is 59.7 Å². The number of pyridine rings is 2. The Morgan fingerprint density at radius 3 is 2.24 bits per heavy atom. The Bertz CT molecular complexity index is 1440. The molecule has 3 heterocycles. The zero-order chi connectivity index (χ0) is 26.6. The Hall–Kier alpha value is -3.54. The van der Waals surface area contributed by atoms with Crippen molar-refractivity contribution in [3.63, 3.8) is 0 Å². The van der Waals surface area contributed by atoms with Crippen molar-refractivity contribution in [3.8, 4) is 28.7 Å². The van der Waals surface area contributed by atoms with E-state index in [0.29, 0.717) is 39.4 Å². The van der Waals surface area contributed by atoms with Gasteiger partial charge in [0.05, 0.1) is 30.2 Å². The number of methoxy groups -OCH3 is 3. The number of aromatic nitrogens is 5. The Balaban J connectivity index is 1.83. The highest BCUT2D eigenvalue weighted by Crippen LogP contribution is 2.37. The summed E-state index contributed by atoms with van der Waals surface area (Å²) in [5, 5.41) is 8.05. The topological polar surface area (TPSA) is 118 Å². The third-order valence-corrected chi connectivity index (χ3v) is 8.13. The van der Waals surface area contributed by atoms with Gasteiger partial charge in [-0.1, -0.05) is 23.7 Å². The standard InChI is InChI=1S/C25H26ClN5O5S/c1-16(24(36-4)18-12-11-17(26)14-28-18)37(32,33)15-22-29-30-25(19-8-5-6-13-27-19)31(22)23-20(34-2)9-7-10-21(23)35-3/h5-14,16,24H,15H2,1-4H3/t16-,24-/m0/s1. The number of ether oxygens (including phenoxy) is 3. The Labute approximate surface area is 220 Å². The van der Waals surface area contributed by atoms with Crippen molar-refractivity contribution in [2.45, 2.75) is 24.0 Å². The maximum Gasteiger partial charge on any atom is 0.187 e. The van der Waals surface area contributed by atoms with Gasteiger partial charge in [0, 0.05) is 19.5 Å². The number of sulfone groups is 1. The highest BCUT2D eigenvalue weighted by Gasteiger charge is 2.34. The summed E-state index contributed by atoms with van der Waals surface area (Å²) in [5.41, 5.74) is 1.41. The molecule has 0 saturated carbocycles. The monoisotopic (exact) mass is 543 g/mol. The number of hydrogen-bond donors (Lipinski definition) is 0. The van der Waals surface area contributed by atoms with Crippen molar-refractivity contribution in [2.75, 3.05) is 21.3 Å². The molecule has 0 radical (unpaired) electrons. The molecular formula is C25H26ClN5O5S. The molecule has 0 spiro atoms. The first-order valence-corrected chi connectivity index (χ1v) is 13.3. The molecule has 3 aromatic heterocycles. The number of hydrogen-bond acceptors (Lipinski definition) is 9. The second-order valence-corrected chi connectivity index (χ2v) is 10.9. The molecule has 0 bridgehead atoms. The van der Waals surface area contributed by atoms with Crippen LogP contribution in [0.25, 0.3) is 17.2 Å². The van der Waals surface area contributed by atoms with Crippen LogP contribution >= 0.6 is 11.6 Å². The number of halogens is 1.